The van der Waals surface area contributed by atoms with E-state index >= 15 is 0 Å². The average molecular weight is 455 g/mol. The van der Waals surface area contributed by atoms with Crippen molar-refractivity contribution in [2.75, 3.05) is 26.2 Å². The fraction of sp³-hybridized carbons (Fsp3) is 0.231. The highest BCUT2D eigenvalue weighted by atomic mass is 16.5. The molecule has 1 aliphatic rings. The van der Waals surface area contributed by atoms with Gasteiger partial charge in [-0.05, 0) is 25.1 Å². The Morgan fingerprint density at radius 1 is 1.00 bits per heavy atom. The minimum atomic E-state index is -0.0124. The van der Waals surface area contributed by atoms with Crippen LogP contribution in [-0.4, -0.2) is 61.8 Å². The van der Waals surface area contributed by atoms with E-state index in [1.807, 2.05) is 77.8 Å². The molecule has 1 saturated heterocycles. The molecule has 3 heterocycles. The van der Waals surface area contributed by atoms with Crippen molar-refractivity contribution in [2.24, 2.45) is 0 Å². The summed E-state index contributed by atoms with van der Waals surface area (Å²) in [6.07, 6.45) is 7.10. The van der Waals surface area contributed by atoms with Crippen LogP contribution in [0.5, 0.6) is 0 Å². The van der Waals surface area contributed by atoms with Gasteiger partial charge in [-0.25, -0.2) is 4.68 Å². The van der Waals surface area contributed by atoms with Crippen LogP contribution in [0, 0.1) is 0 Å². The van der Waals surface area contributed by atoms with E-state index in [1.54, 1.807) is 17.0 Å². The maximum absolute atomic E-state index is 12.7. The van der Waals surface area contributed by atoms with E-state index in [0.717, 1.165) is 29.9 Å². The molecule has 172 valence electrons. The lowest BCUT2D eigenvalue weighted by Crippen LogP contribution is -2.48. The van der Waals surface area contributed by atoms with Crippen LogP contribution < -0.4 is 0 Å². The number of hydrogen-bond acceptors (Lipinski definition) is 6. The normalized spacial score (nSPS) is 15.6. The molecule has 0 radical (unpaired) electrons. The maximum Gasteiger partial charge on any atom is 0.246 e. The van der Waals surface area contributed by atoms with Gasteiger partial charge < -0.3 is 9.42 Å². The van der Waals surface area contributed by atoms with Gasteiger partial charge in [0.15, 0.2) is 0 Å². The Bertz CT molecular complexity index is 1260. The van der Waals surface area contributed by atoms with E-state index < -0.39 is 0 Å². The molecule has 1 unspecified atom stereocenters. The van der Waals surface area contributed by atoms with E-state index in [2.05, 4.69) is 27.1 Å². The Morgan fingerprint density at radius 3 is 2.44 bits per heavy atom. The van der Waals surface area contributed by atoms with Gasteiger partial charge in [0.05, 0.1) is 17.9 Å². The number of piperazine rings is 1. The molecule has 1 aliphatic heterocycles. The Morgan fingerprint density at radius 2 is 1.71 bits per heavy atom. The topological polar surface area (TPSA) is 80.3 Å². The lowest BCUT2D eigenvalue weighted by Gasteiger charge is -2.36. The van der Waals surface area contributed by atoms with Crippen LogP contribution in [0.1, 0.15) is 24.4 Å². The fourth-order valence-corrected chi connectivity index (χ4v) is 4.01. The third-order valence-corrected chi connectivity index (χ3v) is 6.05. The van der Waals surface area contributed by atoms with E-state index in [4.69, 9.17) is 4.52 Å². The molecular formula is C26H26N6O2. The van der Waals surface area contributed by atoms with Gasteiger partial charge in [0, 0.05) is 49.6 Å². The fourth-order valence-electron chi connectivity index (χ4n) is 4.01. The zero-order valence-electron chi connectivity index (χ0n) is 19.0. The molecular weight excluding hydrogens is 428 g/mol. The van der Waals surface area contributed by atoms with Gasteiger partial charge in [0.1, 0.15) is 0 Å². The predicted octanol–water partition coefficient (Wildman–Crippen LogP) is 3.84. The van der Waals surface area contributed by atoms with Gasteiger partial charge in [0.2, 0.25) is 17.6 Å². The Kier molecular flexibility index (Phi) is 6.31. The summed E-state index contributed by atoms with van der Waals surface area (Å²) in [5.74, 6) is 1.19. The first-order chi connectivity index (χ1) is 16.7. The van der Waals surface area contributed by atoms with Crippen molar-refractivity contribution < 1.29 is 9.32 Å². The Labute approximate surface area is 198 Å². The number of aromatic nitrogens is 4. The monoisotopic (exact) mass is 454 g/mol. The van der Waals surface area contributed by atoms with E-state index in [0.29, 0.717) is 24.8 Å². The standard InChI is InChI=1S/C26H26N6O2/c1-20(26-28-25(29-34-26)22-8-4-2-5-9-22)30-14-16-31(17-15-30)24(33)13-12-21-18-27-32(19-21)23-10-6-3-7-11-23/h2-13,18-20H,14-17H2,1H3. The van der Waals surface area contributed by atoms with Crippen LogP contribution in [0.3, 0.4) is 0 Å². The second-order valence-electron chi connectivity index (χ2n) is 8.25. The molecule has 0 saturated carbocycles. The number of benzene rings is 2. The minimum absolute atomic E-state index is 0.00363. The molecule has 2 aromatic heterocycles. The first-order valence-corrected chi connectivity index (χ1v) is 11.4. The highest BCUT2D eigenvalue weighted by Crippen LogP contribution is 2.23. The summed E-state index contributed by atoms with van der Waals surface area (Å²) in [6, 6.07) is 19.7. The van der Waals surface area contributed by atoms with Crippen molar-refractivity contribution in [1.82, 2.24) is 29.7 Å². The molecule has 34 heavy (non-hydrogen) atoms. The molecule has 5 rings (SSSR count). The molecule has 0 N–H and O–H groups in total. The summed E-state index contributed by atoms with van der Waals surface area (Å²) in [4.78, 5) is 21.4. The van der Waals surface area contributed by atoms with E-state index in [1.165, 1.54) is 0 Å². The maximum atomic E-state index is 12.7. The summed E-state index contributed by atoms with van der Waals surface area (Å²) in [5.41, 5.74) is 2.80. The number of nitrogens with zero attached hydrogens (tertiary/aromatic N) is 6. The van der Waals surface area contributed by atoms with Crippen molar-refractivity contribution in [1.29, 1.82) is 0 Å². The quantitative estimate of drug-likeness (QED) is 0.412. The highest BCUT2D eigenvalue weighted by molar-refractivity contribution is 5.91. The van der Waals surface area contributed by atoms with Gasteiger partial charge in [-0.1, -0.05) is 53.7 Å². The zero-order chi connectivity index (χ0) is 23.3. The smallest absolute Gasteiger partial charge is 0.246 e. The molecule has 4 aromatic rings. The Balaban J connectivity index is 1.15. The highest BCUT2D eigenvalue weighted by Gasteiger charge is 2.27. The second-order valence-corrected chi connectivity index (χ2v) is 8.25. The van der Waals surface area contributed by atoms with Crippen LogP contribution in [0.2, 0.25) is 0 Å². The van der Waals surface area contributed by atoms with Crippen LogP contribution in [-0.2, 0) is 4.79 Å². The molecule has 8 nitrogen and oxygen atoms in total. The van der Waals surface area contributed by atoms with E-state index in [9.17, 15) is 4.79 Å². The van der Waals surface area contributed by atoms with Gasteiger partial charge in [-0.15, -0.1) is 0 Å². The van der Waals surface area contributed by atoms with Gasteiger partial charge in [-0.2, -0.15) is 10.1 Å². The van der Waals surface area contributed by atoms with Gasteiger partial charge in [0.25, 0.3) is 0 Å². The molecule has 1 fully saturated rings. The zero-order valence-corrected chi connectivity index (χ0v) is 19.0. The summed E-state index contributed by atoms with van der Waals surface area (Å²) in [5, 5.41) is 8.50. The number of amides is 1. The molecule has 0 bridgehead atoms. The molecule has 0 spiro atoms. The van der Waals surface area contributed by atoms with Crippen LogP contribution in [0.4, 0.5) is 0 Å². The predicted molar refractivity (Wildman–Crippen MR) is 129 cm³/mol. The third-order valence-electron chi connectivity index (χ3n) is 6.05. The SMILES string of the molecule is CC(c1nc(-c2ccccc2)no1)N1CCN(C(=O)C=Cc2cnn(-c3ccccc3)c2)CC1. The number of para-hydroxylation sites is 1. The molecule has 0 aliphatic carbocycles. The summed E-state index contributed by atoms with van der Waals surface area (Å²) in [7, 11) is 0. The number of carbonyl (C=O) groups excluding carboxylic acids is 1. The van der Waals surface area contributed by atoms with Gasteiger partial charge >= 0.3 is 0 Å². The van der Waals surface area contributed by atoms with Crippen molar-refractivity contribution in [3.8, 4) is 17.1 Å². The first-order valence-electron chi connectivity index (χ1n) is 11.4. The average Bonchev–Trinajstić information content (AvgIpc) is 3.58. The van der Waals surface area contributed by atoms with Crippen LogP contribution in [0.15, 0.2) is 83.7 Å². The number of carbonyl (C=O) groups is 1. The summed E-state index contributed by atoms with van der Waals surface area (Å²) in [6.45, 7) is 4.85. The largest absolute Gasteiger partial charge is 0.337 e. The molecule has 8 heteroatoms. The summed E-state index contributed by atoms with van der Waals surface area (Å²) >= 11 is 0. The van der Waals surface area contributed by atoms with Gasteiger partial charge in [-0.3, -0.25) is 9.69 Å². The number of hydrogen-bond donors (Lipinski definition) is 0. The van der Waals surface area contributed by atoms with Crippen molar-refractivity contribution in [3.63, 3.8) is 0 Å². The number of rotatable bonds is 6. The lowest BCUT2D eigenvalue weighted by molar-refractivity contribution is -0.128. The van der Waals surface area contributed by atoms with Crippen molar-refractivity contribution >= 4 is 12.0 Å². The third kappa shape index (κ3) is 4.82. The minimum Gasteiger partial charge on any atom is -0.337 e. The lowest BCUT2D eigenvalue weighted by atomic mass is 10.2. The van der Waals surface area contributed by atoms with Crippen LogP contribution >= 0.6 is 0 Å². The summed E-state index contributed by atoms with van der Waals surface area (Å²) < 4.78 is 7.32. The van der Waals surface area contributed by atoms with Crippen LogP contribution in [0.25, 0.3) is 23.2 Å². The van der Waals surface area contributed by atoms with E-state index in [-0.39, 0.29) is 11.9 Å². The Hall–Kier alpha value is -4.04. The second kappa shape index (κ2) is 9.84. The first kappa shape index (κ1) is 21.8. The molecule has 1 amide bonds. The molecule has 2 aromatic carbocycles. The van der Waals surface area contributed by atoms with Crippen molar-refractivity contribution in [2.45, 2.75) is 13.0 Å². The molecule has 1 atom stereocenters. The van der Waals surface area contributed by atoms with Crippen molar-refractivity contribution in [3.05, 3.63) is 90.6 Å².